The third-order valence-electron chi connectivity index (χ3n) is 2.48. The Bertz CT molecular complexity index is 809. The highest BCUT2D eigenvalue weighted by atomic mass is 32.1. The van der Waals surface area contributed by atoms with Crippen LogP contribution in [0.3, 0.4) is 0 Å². The van der Waals surface area contributed by atoms with Crippen LogP contribution in [0.5, 0.6) is 17.8 Å². The first-order valence-electron chi connectivity index (χ1n) is 5.67. The topological polar surface area (TPSA) is 170 Å². The highest BCUT2D eigenvalue weighted by Gasteiger charge is 2.22. The molecule has 3 aromatic rings. The van der Waals surface area contributed by atoms with Crippen molar-refractivity contribution in [2.75, 3.05) is 5.32 Å². The number of carbonyl (C=O) groups is 1. The summed E-state index contributed by atoms with van der Waals surface area (Å²) in [6, 6.07) is -0.853. The van der Waals surface area contributed by atoms with Crippen molar-refractivity contribution >= 4 is 22.4 Å². The van der Waals surface area contributed by atoms with E-state index in [1.165, 1.54) is 6.20 Å². The zero-order valence-electron chi connectivity index (χ0n) is 10.5. The molecule has 3 aromatic heterocycles. The first kappa shape index (κ1) is 13.7. The predicted molar refractivity (Wildman–Crippen MR) is 72.5 cm³/mol. The van der Waals surface area contributed by atoms with Crippen molar-refractivity contribution in [1.82, 2.24) is 30.4 Å². The molecule has 0 aliphatic rings. The van der Waals surface area contributed by atoms with E-state index in [0.29, 0.717) is 10.6 Å². The van der Waals surface area contributed by atoms with E-state index < -0.39 is 29.2 Å². The second-order valence-electron chi connectivity index (χ2n) is 3.89. The largest absolute Gasteiger partial charge is 0.492 e. The summed E-state index contributed by atoms with van der Waals surface area (Å²) in [6.07, 6.45) is 3.04. The summed E-state index contributed by atoms with van der Waals surface area (Å²) in [5.41, 5.74) is -0.0207. The Balaban J connectivity index is 1.83. The molecule has 0 aliphatic heterocycles. The molecule has 0 saturated heterocycles. The van der Waals surface area contributed by atoms with Crippen LogP contribution >= 0.6 is 11.3 Å². The van der Waals surface area contributed by atoms with Gasteiger partial charge < -0.3 is 15.3 Å². The maximum atomic E-state index is 12.0. The third-order valence-corrected chi connectivity index (χ3v) is 3.42. The summed E-state index contributed by atoms with van der Waals surface area (Å²) in [6.45, 7) is 0. The lowest BCUT2D eigenvalue weighted by molar-refractivity contribution is 0.102. The van der Waals surface area contributed by atoms with E-state index >= 15 is 0 Å². The molecule has 3 rings (SSSR count). The van der Waals surface area contributed by atoms with Gasteiger partial charge in [-0.3, -0.25) is 15.2 Å². The summed E-state index contributed by atoms with van der Waals surface area (Å²) >= 11 is 1.11. The highest BCUT2D eigenvalue weighted by Crippen LogP contribution is 2.29. The number of rotatable bonds is 3. The fraction of sp³-hybridized carbons (Fsp3) is 0. The second kappa shape index (κ2) is 5.25. The Kier molecular flexibility index (Phi) is 3.27. The zero-order chi connectivity index (χ0) is 15.7. The van der Waals surface area contributed by atoms with Gasteiger partial charge in [0.25, 0.3) is 5.91 Å². The zero-order valence-corrected chi connectivity index (χ0v) is 11.4. The molecule has 0 atom stereocenters. The Hall–Kier alpha value is -3.28. The molecule has 112 valence electrons. The Morgan fingerprint density at radius 2 is 1.95 bits per heavy atom. The van der Waals surface area contributed by atoms with Gasteiger partial charge in [0.15, 0.2) is 10.7 Å². The van der Waals surface area contributed by atoms with Gasteiger partial charge in [-0.1, -0.05) is 16.6 Å². The van der Waals surface area contributed by atoms with E-state index in [1.54, 1.807) is 6.20 Å². The summed E-state index contributed by atoms with van der Waals surface area (Å²) in [5, 5.41) is 40.5. The highest BCUT2D eigenvalue weighted by molar-refractivity contribution is 7.19. The molecule has 3 heterocycles. The number of hydrogen-bond donors (Lipinski definition) is 5. The Labute approximate surface area is 125 Å². The van der Waals surface area contributed by atoms with Crippen LogP contribution in [0.2, 0.25) is 0 Å². The van der Waals surface area contributed by atoms with Crippen LogP contribution in [0.15, 0.2) is 12.4 Å². The van der Waals surface area contributed by atoms with Crippen molar-refractivity contribution in [2.45, 2.75) is 0 Å². The lowest BCUT2D eigenvalue weighted by atomic mass is 10.3. The SMILES string of the molecule is O=C(Nc1ncc(-c2c[nH]nn2)s1)c1c(O)nc(O)nc1O. The molecule has 5 N–H and O–H groups in total. The van der Waals surface area contributed by atoms with Crippen LogP contribution in [0, 0.1) is 0 Å². The number of aromatic amines is 1. The van der Waals surface area contributed by atoms with E-state index in [4.69, 9.17) is 5.11 Å². The number of aromatic nitrogens is 6. The van der Waals surface area contributed by atoms with Gasteiger partial charge in [-0.2, -0.15) is 9.97 Å². The van der Waals surface area contributed by atoms with Crippen LogP contribution in [0.25, 0.3) is 10.6 Å². The molecule has 0 unspecified atom stereocenters. The molecule has 0 radical (unpaired) electrons. The van der Waals surface area contributed by atoms with Gasteiger partial charge in [0.05, 0.1) is 11.1 Å². The molecule has 1 amide bonds. The van der Waals surface area contributed by atoms with Crippen molar-refractivity contribution in [3.8, 4) is 28.3 Å². The number of H-pyrrole nitrogens is 1. The molecule has 0 saturated carbocycles. The van der Waals surface area contributed by atoms with E-state index in [1.807, 2.05) is 0 Å². The van der Waals surface area contributed by atoms with Crippen LogP contribution < -0.4 is 5.32 Å². The first-order valence-corrected chi connectivity index (χ1v) is 6.49. The lowest BCUT2D eigenvalue weighted by Gasteiger charge is -2.05. The second-order valence-corrected chi connectivity index (χ2v) is 4.92. The van der Waals surface area contributed by atoms with Gasteiger partial charge in [-0.15, -0.1) is 5.10 Å². The van der Waals surface area contributed by atoms with Crippen molar-refractivity contribution in [1.29, 1.82) is 0 Å². The number of hydrogen-bond acceptors (Lipinski definition) is 10. The van der Waals surface area contributed by atoms with Gasteiger partial charge >= 0.3 is 6.01 Å². The van der Waals surface area contributed by atoms with Gasteiger partial charge in [0.2, 0.25) is 11.8 Å². The monoisotopic (exact) mass is 321 g/mol. The van der Waals surface area contributed by atoms with E-state index in [2.05, 4.69) is 35.7 Å². The molecule has 22 heavy (non-hydrogen) atoms. The smallest absolute Gasteiger partial charge is 0.320 e. The van der Waals surface area contributed by atoms with Crippen LogP contribution in [0.4, 0.5) is 5.13 Å². The minimum absolute atomic E-state index is 0.204. The van der Waals surface area contributed by atoms with E-state index in [9.17, 15) is 15.0 Å². The summed E-state index contributed by atoms with van der Waals surface area (Å²) in [5.74, 6) is -2.58. The number of carbonyl (C=O) groups excluding carboxylic acids is 1. The first-order chi connectivity index (χ1) is 10.5. The van der Waals surface area contributed by atoms with E-state index in [-0.39, 0.29) is 5.13 Å². The average Bonchev–Trinajstić information content (AvgIpc) is 3.07. The minimum Gasteiger partial charge on any atom is -0.492 e. The number of thiazole rings is 1. The Morgan fingerprint density at radius 1 is 1.23 bits per heavy atom. The van der Waals surface area contributed by atoms with Crippen LogP contribution in [0.1, 0.15) is 10.4 Å². The molecule has 0 fully saturated rings. The number of amides is 1. The lowest BCUT2D eigenvalue weighted by Crippen LogP contribution is -2.13. The molecular weight excluding hydrogens is 314 g/mol. The summed E-state index contributed by atoms with van der Waals surface area (Å²) in [4.78, 5) is 23.0. The summed E-state index contributed by atoms with van der Waals surface area (Å²) in [7, 11) is 0. The van der Waals surface area contributed by atoms with Crippen molar-refractivity contribution in [2.24, 2.45) is 0 Å². The van der Waals surface area contributed by atoms with Crippen molar-refractivity contribution < 1.29 is 20.1 Å². The molecule has 0 spiro atoms. The van der Waals surface area contributed by atoms with Gasteiger partial charge in [-0.05, 0) is 0 Å². The van der Waals surface area contributed by atoms with Gasteiger partial charge in [0.1, 0.15) is 5.69 Å². The Morgan fingerprint density at radius 3 is 2.59 bits per heavy atom. The molecule has 0 bridgehead atoms. The normalized spacial score (nSPS) is 10.5. The number of nitrogens with zero attached hydrogens (tertiary/aromatic N) is 5. The molecule has 0 aromatic carbocycles. The number of aromatic hydroxyl groups is 3. The van der Waals surface area contributed by atoms with Crippen molar-refractivity contribution in [3.05, 3.63) is 18.0 Å². The fourth-order valence-corrected chi connectivity index (χ4v) is 2.33. The quantitative estimate of drug-likeness (QED) is 0.448. The predicted octanol–water partition coefficient (Wildman–Crippen LogP) is 0.0873. The van der Waals surface area contributed by atoms with Crippen LogP contribution in [-0.4, -0.2) is 51.6 Å². The number of nitrogens with one attached hydrogen (secondary N) is 2. The summed E-state index contributed by atoms with van der Waals surface area (Å²) < 4.78 is 0. The standard InChI is InChI=1S/C10H7N7O4S/c18-6-5(7(19)14-9(21)13-6)8(20)15-10-11-2-4(22-10)3-1-12-17-16-3/h1-2H,(H,11,15,20)(H,12,16,17)(H3,13,14,18,19,21). The minimum atomic E-state index is -0.879. The van der Waals surface area contributed by atoms with Gasteiger partial charge in [0, 0.05) is 6.20 Å². The fourth-order valence-electron chi connectivity index (χ4n) is 1.56. The maximum Gasteiger partial charge on any atom is 0.320 e. The van der Waals surface area contributed by atoms with E-state index in [0.717, 1.165) is 11.3 Å². The molecule has 11 nitrogen and oxygen atoms in total. The average molecular weight is 321 g/mol. The van der Waals surface area contributed by atoms with Gasteiger partial charge in [-0.25, -0.2) is 4.98 Å². The molecule has 12 heteroatoms. The third kappa shape index (κ3) is 2.49. The number of anilines is 1. The maximum absolute atomic E-state index is 12.0. The molecular formula is C10H7N7O4S. The van der Waals surface area contributed by atoms with Crippen molar-refractivity contribution in [3.63, 3.8) is 0 Å². The molecule has 0 aliphatic carbocycles. The van der Waals surface area contributed by atoms with Crippen LogP contribution in [-0.2, 0) is 0 Å².